The maximum atomic E-state index is 13.4. The molecule has 5 rings (SSSR count). The smallest absolute Gasteiger partial charge is 0.493 e. The second kappa shape index (κ2) is 12.8. The number of esters is 1. The molecule has 0 saturated heterocycles. The minimum atomic E-state index is -4.29. The number of sulfonamides is 1. The Morgan fingerprint density at radius 1 is 0.956 bits per heavy atom. The number of rotatable bonds is 11. The van der Waals surface area contributed by atoms with Gasteiger partial charge in [0.1, 0.15) is 5.69 Å². The summed E-state index contributed by atoms with van der Waals surface area (Å²) in [6.45, 7) is 2.88. The normalized spacial score (nSPS) is 11.1. The third-order valence-corrected chi connectivity index (χ3v) is 7.35. The zero-order chi connectivity index (χ0) is 32.1. The molecule has 0 aliphatic rings. The van der Waals surface area contributed by atoms with Crippen molar-refractivity contribution in [2.24, 2.45) is 0 Å². The Kier molecular flexibility index (Phi) is 8.76. The molecule has 4 aromatic heterocycles. The highest BCUT2D eigenvalue weighted by atomic mass is 32.2. The van der Waals surface area contributed by atoms with Crippen molar-refractivity contribution >= 4 is 21.8 Å². The van der Waals surface area contributed by atoms with Gasteiger partial charge in [-0.05, 0) is 49.7 Å². The van der Waals surface area contributed by atoms with E-state index >= 15 is 0 Å². The number of benzene rings is 1. The van der Waals surface area contributed by atoms with Gasteiger partial charge in [-0.15, -0.1) is 0 Å². The summed E-state index contributed by atoms with van der Waals surface area (Å²) < 4.78 is 60.9. The molecule has 0 atom stereocenters. The number of hydrogen-bond donors (Lipinski definition) is 1. The predicted octanol–water partition coefficient (Wildman–Crippen LogP) is 4.06. The summed E-state index contributed by atoms with van der Waals surface area (Å²) in [5.41, 5.74) is 0.870. The van der Waals surface area contributed by atoms with Gasteiger partial charge in [-0.2, -0.15) is 13.4 Å². The Morgan fingerprint density at radius 2 is 1.73 bits per heavy atom. The number of carbonyl (C=O) groups excluding carboxylic acids is 1. The monoisotopic (exact) mass is 635 g/mol. The lowest BCUT2D eigenvalue weighted by Gasteiger charge is -2.17. The van der Waals surface area contributed by atoms with Gasteiger partial charge < -0.3 is 27.8 Å². The van der Waals surface area contributed by atoms with Crippen LogP contribution in [0.1, 0.15) is 27.6 Å². The second-order valence-electron chi connectivity index (χ2n) is 9.21. The summed E-state index contributed by atoms with van der Waals surface area (Å²) in [5.74, 6) is -1.66. The van der Waals surface area contributed by atoms with E-state index in [4.69, 9.17) is 27.8 Å². The van der Waals surface area contributed by atoms with Crippen LogP contribution in [0.25, 0.3) is 11.4 Å². The standard InChI is InChI=1S/C29H25N5O10S/c1-16-9-10-23(31-14-16)45(37,38)34-26-24(43-21-8-6-5-7-20(21)39-3)27(40-4)33-25(32-26)18-11-12-30-19(13-18)28(35)41-15-22-17(2)42-29(36)44-22/h5-14H,15H2,1-4H3,(H,32,33,34). The number of nitrogens with zero attached hydrogens (tertiary/aromatic N) is 4. The molecule has 16 heteroatoms. The number of ether oxygens (including phenoxy) is 4. The number of carbonyl (C=O) groups is 1. The number of nitrogens with one attached hydrogen (secondary N) is 1. The zero-order valence-corrected chi connectivity index (χ0v) is 25.1. The van der Waals surface area contributed by atoms with Crippen molar-refractivity contribution in [2.75, 3.05) is 18.9 Å². The van der Waals surface area contributed by atoms with E-state index in [-0.39, 0.29) is 63.4 Å². The van der Waals surface area contributed by atoms with Gasteiger partial charge in [0.25, 0.3) is 15.9 Å². The van der Waals surface area contributed by atoms with Crippen molar-refractivity contribution in [1.82, 2.24) is 19.9 Å². The first kappa shape index (κ1) is 30.7. The Morgan fingerprint density at radius 3 is 2.40 bits per heavy atom. The first-order valence-corrected chi connectivity index (χ1v) is 14.5. The predicted molar refractivity (Wildman–Crippen MR) is 156 cm³/mol. The van der Waals surface area contributed by atoms with Crippen LogP contribution in [0.2, 0.25) is 0 Å². The van der Waals surface area contributed by atoms with Gasteiger partial charge in [-0.1, -0.05) is 18.2 Å². The van der Waals surface area contributed by atoms with Crippen LogP contribution in [0, 0.1) is 13.8 Å². The molecule has 0 fully saturated rings. The van der Waals surface area contributed by atoms with Crippen molar-refractivity contribution in [2.45, 2.75) is 25.5 Å². The van der Waals surface area contributed by atoms with Gasteiger partial charge in [0.15, 0.2) is 46.3 Å². The third kappa shape index (κ3) is 6.91. The van der Waals surface area contributed by atoms with Crippen LogP contribution < -0.4 is 24.8 Å². The van der Waals surface area contributed by atoms with Crippen molar-refractivity contribution in [3.8, 4) is 34.5 Å². The highest BCUT2D eigenvalue weighted by Crippen LogP contribution is 2.41. The molecule has 1 aromatic carbocycles. The van der Waals surface area contributed by atoms with Crippen LogP contribution >= 0.6 is 0 Å². The molecule has 0 saturated carbocycles. The number of anilines is 1. The number of methoxy groups -OCH3 is 2. The summed E-state index contributed by atoms with van der Waals surface area (Å²) >= 11 is 0. The summed E-state index contributed by atoms with van der Waals surface area (Å²) in [4.78, 5) is 40.9. The molecule has 1 N–H and O–H groups in total. The maximum Gasteiger partial charge on any atom is 0.519 e. The first-order chi connectivity index (χ1) is 21.6. The number of hydrogen-bond acceptors (Lipinski definition) is 14. The van der Waals surface area contributed by atoms with Crippen LogP contribution in [0.4, 0.5) is 5.82 Å². The Hall–Kier alpha value is -5.77. The molecule has 0 aliphatic heterocycles. The van der Waals surface area contributed by atoms with Gasteiger partial charge in [0, 0.05) is 18.0 Å². The molecule has 4 heterocycles. The molecule has 15 nitrogen and oxygen atoms in total. The van der Waals surface area contributed by atoms with Gasteiger partial charge in [-0.3, -0.25) is 4.72 Å². The average Bonchev–Trinajstić information content (AvgIpc) is 3.36. The molecule has 0 amide bonds. The summed E-state index contributed by atoms with van der Waals surface area (Å²) in [5, 5.41) is -0.270. The van der Waals surface area contributed by atoms with Crippen molar-refractivity contribution in [3.05, 3.63) is 94.3 Å². The topological polar surface area (TPSA) is 195 Å². The fourth-order valence-corrected chi connectivity index (χ4v) is 4.79. The van der Waals surface area contributed by atoms with E-state index in [2.05, 4.69) is 24.7 Å². The zero-order valence-electron chi connectivity index (χ0n) is 24.3. The second-order valence-corrected chi connectivity index (χ2v) is 10.8. The summed E-state index contributed by atoms with van der Waals surface area (Å²) in [7, 11) is -1.52. The molecule has 0 unspecified atom stereocenters. The SMILES string of the molecule is COc1ccccc1Oc1c(NS(=O)(=O)c2ccc(C)cn2)nc(-c2ccnc(C(=O)OCc3oc(=O)oc3C)c2)nc1OC. The lowest BCUT2D eigenvalue weighted by molar-refractivity contribution is 0.0436. The van der Waals surface area contributed by atoms with E-state index in [1.54, 1.807) is 37.3 Å². The summed E-state index contributed by atoms with van der Waals surface area (Å²) in [6, 6.07) is 12.4. The van der Waals surface area contributed by atoms with Crippen molar-refractivity contribution < 1.29 is 41.0 Å². The largest absolute Gasteiger partial charge is 0.519 e. The van der Waals surface area contributed by atoms with Crippen LogP contribution in [0.5, 0.6) is 23.1 Å². The van der Waals surface area contributed by atoms with E-state index in [1.165, 1.54) is 51.7 Å². The van der Waals surface area contributed by atoms with Crippen molar-refractivity contribution in [3.63, 3.8) is 0 Å². The molecule has 0 bridgehead atoms. The van der Waals surface area contributed by atoms with E-state index in [1.807, 2.05) is 0 Å². The highest BCUT2D eigenvalue weighted by Gasteiger charge is 2.26. The van der Waals surface area contributed by atoms with E-state index in [0.29, 0.717) is 5.75 Å². The Bertz CT molecular complexity index is 2020. The molecular formula is C29H25N5O10S. The minimum absolute atomic E-state index is 0.0446. The molecule has 232 valence electrons. The highest BCUT2D eigenvalue weighted by molar-refractivity contribution is 7.92. The van der Waals surface area contributed by atoms with Gasteiger partial charge in [-0.25, -0.2) is 24.5 Å². The van der Waals surface area contributed by atoms with Gasteiger partial charge in [0.2, 0.25) is 5.75 Å². The number of para-hydroxylation sites is 2. The molecular weight excluding hydrogens is 610 g/mol. The lowest BCUT2D eigenvalue weighted by Crippen LogP contribution is -2.17. The summed E-state index contributed by atoms with van der Waals surface area (Å²) in [6.07, 6.45) is 2.72. The number of pyridine rings is 2. The van der Waals surface area contributed by atoms with E-state index in [0.717, 1.165) is 5.56 Å². The maximum absolute atomic E-state index is 13.4. The molecule has 0 radical (unpaired) electrons. The van der Waals surface area contributed by atoms with Crippen LogP contribution in [0.15, 0.2) is 79.6 Å². The molecule has 0 spiro atoms. The molecule has 45 heavy (non-hydrogen) atoms. The third-order valence-electron chi connectivity index (χ3n) is 6.10. The van der Waals surface area contributed by atoms with E-state index in [9.17, 15) is 18.0 Å². The Labute approximate surface area is 255 Å². The molecule has 0 aliphatic carbocycles. The quantitative estimate of drug-likeness (QED) is 0.204. The minimum Gasteiger partial charge on any atom is -0.493 e. The fourth-order valence-electron chi connectivity index (χ4n) is 3.86. The fraction of sp³-hybridized carbons (Fsp3) is 0.172. The first-order valence-electron chi connectivity index (χ1n) is 13.0. The van der Waals surface area contributed by atoms with Crippen LogP contribution in [-0.2, 0) is 21.4 Å². The van der Waals surface area contributed by atoms with Crippen LogP contribution in [0.3, 0.4) is 0 Å². The lowest BCUT2D eigenvalue weighted by atomic mass is 10.2. The van der Waals surface area contributed by atoms with Crippen molar-refractivity contribution in [1.29, 1.82) is 0 Å². The van der Waals surface area contributed by atoms with Gasteiger partial charge >= 0.3 is 11.8 Å². The number of aromatic nitrogens is 4. The van der Waals surface area contributed by atoms with E-state index < -0.39 is 21.8 Å². The van der Waals surface area contributed by atoms with Crippen LogP contribution in [-0.4, -0.2) is 48.5 Å². The molecule has 5 aromatic rings. The average molecular weight is 636 g/mol. The number of aryl methyl sites for hydroxylation is 2. The Balaban J connectivity index is 1.54. The van der Waals surface area contributed by atoms with Gasteiger partial charge in [0.05, 0.1) is 14.2 Å².